The third-order valence-electron chi connectivity index (χ3n) is 4.35. The highest BCUT2D eigenvalue weighted by molar-refractivity contribution is 7.99. The van der Waals surface area contributed by atoms with Crippen molar-refractivity contribution >= 4 is 28.7 Å². The van der Waals surface area contributed by atoms with Crippen molar-refractivity contribution in [2.24, 2.45) is 0 Å². The van der Waals surface area contributed by atoms with E-state index in [0.717, 1.165) is 19.4 Å². The van der Waals surface area contributed by atoms with Gasteiger partial charge in [-0.05, 0) is 25.0 Å². The molecule has 27 heavy (non-hydrogen) atoms. The lowest BCUT2D eigenvalue weighted by molar-refractivity contribution is -0.119. The number of hydrogen-bond acceptors (Lipinski definition) is 6. The number of benzene rings is 1. The molecule has 140 valence electrons. The molecule has 0 unspecified atom stereocenters. The van der Waals surface area contributed by atoms with Gasteiger partial charge >= 0.3 is 0 Å². The zero-order valence-electron chi connectivity index (χ0n) is 14.6. The molecular formula is C18H19N5O3S. The van der Waals surface area contributed by atoms with Crippen LogP contribution in [0.1, 0.15) is 12.8 Å². The third-order valence-corrected chi connectivity index (χ3v) is 5.29. The molecule has 9 heteroatoms. The van der Waals surface area contributed by atoms with Gasteiger partial charge in [-0.2, -0.15) is 5.10 Å². The van der Waals surface area contributed by atoms with Gasteiger partial charge in [0.1, 0.15) is 5.39 Å². The lowest BCUT2D eigenvalue weighted by Gasteiger charge is -2.13. The minimum atomic E-state index is -0.220. The van der Waals surface area contributed by atoms with Gasteiger partial charge in [-0.15, -0.1) is 0 Å². The minimum Gasteiger partial charge on any atom is -0.376 e. The van der Waals surface area contributed by atoms with E-state index in [1.807, 2.05) is 30.3 Å². The number of aromatic nitrogens is 4. The molecule has 3 aromatic rings. The van der Waals surface area contributed by atoms with Crippen LogP contribution in [0.15, 0.2) is 46.5 Å². The quantitative estimate of drug-likeness (QED) is 0.492. The molecule has 0 spiro atoms. The van der Waals surface area contributed by atoms with E-state index in [-0.39, 0.29) is 23.3 Å². The van der Waals surface area contributed by atoms with E-state index >= 15 is 0 Å². The number of nitrogens with zero attached hydrogens (tertiary/aromatic N) is 3. The Morgan fingerprint density at radius 2 is 2.22 bits per heavy atom. The predicted octanol–water partition coefficient (Wildman–Crippen LogP) is 1.50. The number of ether oxygens (including phenoxy) is 1. The molecule has 1 aliphatic rings. The van der Waals surface area contributed by atoms with E-state index in [9.17, 15) is 9.59 Å². The summed E-state index contributed by atoms with van der Waals surface area (Å²) in [6.07, 6.45) is 3.57. The number of nitrogens with one attached hydrogen (secondary N) is 2. The van der Waals surface area contributed by atoms with Crippen molar-refractivity contribution in [2.75, 3.05) is 18.9 Å². The highest BCUT2D eigenvalue weighted by Gasteiger charge is 2.18. The SMILES string of the molecule is O=C(CSc1nc2[nH]ncc2c(=O)n1-c1ccccc1)NC[C@H]1CCCO1. The van der Waals surface area contributed by atoms with Crippen LogP contribution in [0, 0.1) is 0 Å². The molecule has 1 aliphatic heterocycles. The van der Waals surface area contributed by atoms with Gasteiger partial charge in [-0.1, -0.05) is 30.0 Å². The van der Waals surface area contributed by atoms with E-state index in [2.05, 4.69) is 20.5 Å². The van der Waals surface area contributed by atoms with E-state index in [1.165, 1.54) is 22.5 Å². The number of carbonyl (C=O) groups is 1. The van der Waals surface area contributed by atoms with Crippen LogP contribution in [-0.4, -0.2) is 50.7 Å². The van der Waals surface area contributed by atoms with Gasteiger partial charge in [-0.25, -0.2) is 4.98 Å². The molecule has 1 aromatic carbocycles. The normalized spacial score (nSPS) is 16.7. The second-order valence-electron chi connectivity index (χ2n) is 6.23. The Morgan fingerprint density at radius 1 is 1.37 bits per heavy atom. The maximum atomic E-state index is 12.9. The van der Waals surface area contributed by atoms with Crippen LogP contribution in [0.3, 0.4) is 0 Å². The molecule has 2 N–H and O–H groups in total. The van der Waals surface area contributed by atoms with Gasteiger partial charge in [0.05, 0.1) is 23.7 Å². The maximum Gasteiger partial charge on any atom is 0.269 e. The molecule has 2 aromatic heterocycles. The molecule has 3 heterocycles. The predicted molar refractivity (Wildman–Crippen MR) is 102 cm³/mol. The summed E-state index contributed by atoms with van der Waals surface area (Å²) in [6.45, 7) is 1.27. The Kier molecular flexibility index (Phi) is 5.21. The maximum absolute atomic E-state index is 12.9. The van der Waals surface area contributed by atoms with E-state index in [0.29, 0.717) is 28.4 Å². The minimum absolute atomic E-state index is 0.0981. The summed E-state index contributed by atoms with van der Waals surface area (Å²) < 4.78 is 7.02. The second-order valence-corrected chi connectivity index (χ2v) is 7.17. The first kappa shape index (κ1) is 17.7. The lowest BCUT2D eigenvalue weighted by atomic mass is 10.2. The van der Waals surface area contributed by atoms with Crippen LogP contribution in [0.25, 0.3) is 16.7 Å². The van der Waals surface area contributed by atoms with E-state index < -0.39 is 0 Å². The second kappa shape index (κ2) is 7.93. The fourth-order valence-electron chi connectivity index (χ4n) is 2.99. The molecule has 0 aliphatic carbocycles. The number of rotatable bonds is 6. The summed E-state index contributed by atoms with van der Waals surface area (Å²) in [4.78, 5) is 29.6. The molecular weight excluding hydrogens is 366 g/mol. The number of thioether (sulfide) groups is 1. The number of hydrogen-bond donors (Lipinski definition) is 2. The van der Waals surface area contributed by atoms with Gasteiger partial charge in [0.15, 0.2) is 10.8 Å². The lowest BCUT2D eigenvalue weighted by Crippen LogP contribution is -2.33. The van der Waals surface area contributed by atoms with Gasteiger partial charge in [0, 0.05) is 13.2 Å². The number of amides is 1. The first-order chi connectivity index (χ1) is 13.2. The van der Waals surface area contributed by atoms with Crippen molar-refractivity contribution in [3.63, 3.8) is 0 Å². The van der Waals surface area contributed by atoms with Crippen LogP contribution in [0.2, 0.25) is 0 Å². The van der Waals surface area contributed by atoms with Crippen molar-refractivity contribution in [3.05, 3.63) is 46.9 Å². The smallest absolute Gasteiger partial charge is 0.269 e. The van der Waals surface area contributed by atoms with Crippen LogP contribution in [0.4, 0.5) is 0 Å². The largest absolute Gasteiger partial charge is 0.376 e. The number of fused-ring (bicyclic) bond motifs is 1. The summed E-state index contributed by atoms with van der Waals surface area (Å²) in [5, 5.41) is 10.4. The van der Waals surface area contributed by atoms with Crippen molar-refractivity contribution in [3.8, 4) is 5.69 Å². The molecule has 1 saturated heterocycles. The number of aromatic amines is 1. The summed E-state index contributed by atoms with van der Waals surface area (Å²) in [7, 11) is 0. The Morgan fingerprint density at radius 3 is 3.00 bits per heavy atom. The Balaban J connectivity index is 1.55. The number of para-hydroxylation sites is 1. The molecule has 1 atom stereocenters. The highest BCUT2D eigenvalue weighted by Crippen LogP contribution is 2.20. The van der Waals surface area contributed by atoms with Crippen LogP contribution < -0.4 is 10.9 Å². The Hall–Kier alpha value is -2.65. The average Bonchev–Trinajstić information content (AvgIpc) is 3.37. The first-order valence-corrected chi connectivity index (χ1v) is 9.73. The van der Waals surface area contributed by atoms with E-state index in [1.54, 1.807) is 0 Å². The Bertz CT molecular complexity index is 995. The fourth-order valence-corrected chi connectivity index (χ4v) is 3.83. The molecule has 0 saturated carbocycles. The number of H-pyrrole nitrogens is 1. The van der Waals surface area contributed by atoms with Gasteiger partial charge in [-0.3, -0.25) is 19.3 Å². The van der Waals surface area contributed by atoms with Crippen molar-refractivity contribution in [1.29, 1.82) is 0 Å². The average molecular weight is 385 g/mol. The third kappa shape index (κ3) is 3.88. The van der Waals surface area contributed by atoms with Crippen LogP contribution >= 0.6 is 11.8 Å². The standard InChI is InChI=1S/C18H19N5O3S/c24-15(19-9-13-7-4-8-26-13)11-27-18-21-16-14(10-20-22-16)17(25)23(18)12-5-2-1-3-6-12/h1-3,5-6,10,13H,4,7-9,11H2,(H,19,24)(H,20,22)/t13-/m1/s1. The van der Waals surface area contributed by atoms with Gasteiger partial charge in [0.2, 0.25) is 5.91 Å². The molecule has 1 amide bonds. The number of carbonyl (C=O) groups excluding carboxylic acids is 1. The van der Waals surface area contributed by atoms with Gasteiger partial charge in [0.25, 0.3) is 5.56 Å². The van der Waals surface area contributed by atoms with Crippen LogP contribution in [-0.2, 0) is 9.53 Å². The van der Waals surface area contributed by atoms with Crippen molar-refractivity contribution in [2.45, 2.75) is 24.1 Å². The zero-order valence-corrected chi connectivity index (χ0v) is 15.4. The fraction of sp³-hybridized carbons (Fsp3) is 0.333. The van der Waals surface area contributed by atoms with Crippen LogP contribution in [0.5, 0.6) is 0 Å². The van der Waals surface area contributed by atoms with Crippen molar-refractivity contribution < 1.29 is 9.53 Å². The Labute approximate surface area is 159 Å². The molecule has 0 radical (unpaired) electrons. The monoisotopic (exact) mass is 385 g/mol. The topological polar surface area (TPSA) is 102 Å². The summed E-state index contributed by atoms with van der Waals surface area (Å²) in [5.74, 6) is 0.0418. The summed E-state index contributed by atoms with van der Waals surface area (Å²) >= 11 is 1.22. The van der Waals surface area contributed by atoms with Gasteiger partial charge < -0.3 is 10.1 Å². The summed E-state index contributed by atoms with van der Waals surface area (Å²) in [5.41, 5.74) is 0.886. The van der Waals surface area contributed by atoms with Crippen molar-refractivity contribution in [1.82, 2.24) is 25.1 Å². The molecule has 1 fully saturated rings. The molecule has 0 bridgehead atoms. The summed E-state index contributed by atoms with van der Waals surface area (Å²) in [6, 6.07) is 9.24. The van der Waals surface area contributed by atoms with E-state index in [4.69, 9.17) is 4.74 Å². The molecule has 8 nitrogen and oxygen atoms in total. The highest BCUT2D eigenvalue weighted by atomic mass is 32.2. The zero-order chi connectivity index (χ0) is 18.6. The first-order valence-electron chi connectivity index (χ1n) is 8.75. The molecule has 4 rings (SSSR count).